The second kappa shape index (κ2) is 10.6. The van der Waals surface area contributed by atoms with Crippen LogP contribution in [0.5, 0.6) is 0 Å². The second-order valence-electron chi connectivity index (χ2n) is 12.5. The Hall–Kier alpha value is -6.26. The zero-order chi connectivity index (χ0) is 31.6. The van der Waals surface area contributed by atoms with Gasteiger partial charge in [-0.3, -0.25) is 4.57 Å². The molecule has 48 heavy (non-hydrogen) atoms. The molecular weight excluding hydrogens is 587 g/mol. The molecule has 0 saturated carbocycles. The first-order valence-electron chi connectivity index (χ1n) is 16.5. The Labute approximate surface area is 277 Å². The number of hydrogen-bond acceptors (Lipinski definition) is 3. The lowest BCUT2D eigenvalue weighted by Gasteiger charge is -2.19. The van der Waals surface area contributed by atoms with E-state index in [4.69, 9.17) is 14.4 Å². The second-order valence-corrected chi connectivity index (χ2v) is 12.5. The molecule has 0 atom stereocenters. The maximum absolute atomic E-state index is 6.22. The highest BCUT2D eigenvalue weighted by Gasteiger charge is 2.28. The fraction of sp³-hybridized carbons (Fsp3) is 0.0455. The number of rotatable bonds is 4. The average molecular weight is 616 g/mol. The molecule has 0 fully saturated rings. The van der Waals surface area contributed by atoms with Crippen molar-refractivity contribution in [2.75, 3.05) is 0 Å². The number of allylic oxidation sites excluding steroid dienone is 1. The molecule has 3 aromatic heterocycles. The summed E-state index contributed by atoms with van der Waals surface area (Å²) in [6.45, 7) is 0. The molecule has 226 valence electrons. The molecule has 3 heterocycles. The van der Waals surface area contributed by atoms with E-state index >= 15 is 0 Å². The summed E-state index contributed by atoms with van der Waals surface area (Å²) in [5, 5.41) is 5.89. The van der Waals surface area contributed by atoms with Crippen LogP contribution in [0.2, 0.25) is 0 Å². The van der Waals surface area contributed by atoms with Gasteiger partial charge < -0.3 is 4.42 Å². The summed E-state index contributed by atoms with van der Waals surface area (Å²) in [5.41, 5.74) is 11.7. The van der Waals surface area contributed by atoms with E-state index < -0.39 is 0 Å². The molecule has 0 unspecified atom stereocenters. The van der Waals surface area contributed by atoms with E-state index in [2.05, 4.69) is 132 Å². The van der Waals surface area contributed by atoms with E-state index in [1.54, 1.807) is 0 Å². The van der Waals surface area contributed by atoms with Crippen molar-refractivity contribution in [3.8, 4) is 28.5 Å². The van der Waals surface area contributed by atoms with E-state index in [1.807, 2.05) is 24.3 Å². The Bertz CT molecular complexity index is 2660. The number of aryl methyl sites for hydroxylation is 1. The summed E-state index contributed by atoms with van der Waals surface area (Å²) >= 11 is 0. The van der Waals surface area contributed by atoms with Crippen LogP contribution in [0.1, 0.15) is 23.2 Å². The van der Waals surface area contributed by atoms with Crippen molar-refractivity contribution in [3.63, 3.8) is 0 Å². The maximum Gasteiger partial charge on any atom is 0.235 e. The number of aromatic nitrogens is 3. The first-order valence-corrected chi connectivity index (χ1v) is 16.5. The molecule has 0 radical (unpaired) electrons. The number of nitrogens with zero attached hydrogens (tertiary/aromatic N) is 3. The predicted octanol–water partition coefficient (Wildman–Crippen LogP) is 11.2. The molecule has 9 aromatic rings. The van der Waals surface area contributed by atoms with Crippen LogP contribution in [0.15, 0.2) is 156 Å². The van der Waals surface area contributed by atoms with Crippen LogP contribution in [-0.4, -0.2) is 14.5 Å². The van der Waals surface area contributed by atoms with Gasteiger partial charge in [0.15, 0.2) is 0 Å². The third kappa shape index (κ3) is 4.16. The molecular formula is C44H29N3O. The summed E-state index contributed by atoms with van der Waals surface area (Å²) in [5.74, 6) is 0.667. The van der Waals surface area contributed by atoms with Gasteiger partial charge in [-0.1, -0.05) is 127 Å². The molecule has 6 aromatic carbocycles. The molecule has 0 N–H and O–H groups in total. The number of fused-ring (bicyclic) bond motifs is 8. The minimum absolute atomic E-state index is 0.667. The summed E-state index contributed by atoms with van der Waals surface area (Å²) in [4.78, 5) is 10.7. The quantitative estimate of drug-likeness (QED) is 0.198. The van der Waals surface area contributed by atoms with Crippen molar-refractivity contribution in [3.05, 3.63) is 168 Å². The van der Waals surface area contributed by atoms with Crippen molar-refractivity contribution < 1.29 is 4.42 Å². The molecule has 0 spiro atoms. The highest BCUT2D eigenvalue weighted by molar-refractivity contribution is 6.11. The zero-order valence-electron chi connectivity index (χ0n) is 26.1. The van der Waals surface area contributed by atoms with Crippen LogP contribution in [0.4, 0.5) is 0 Å². The first kappa shape index (κ1) is 26.9. The van der Waals surface area contributed by atoms with E-state index in [-0.39, 0.29) is 0 Å². The fourth-order valence-corrected chi connectivity index (χ4v) is 7.50. The third-order valence-corrected chi connectivity index (χ3v) is 9.70. The van der Waals surface area contributed by atoms with Crippen molar-refractivity contribution in [2.24, 2.45) is 0 Å². The Kier molecular flexibility index (Phi) is 5.97. The maximum atomic E-state index is 6.22. The Morgan fingerprint density at radius 1 is 0.521 bits per heavy atom. The van der Waals surface area contributed by atoms with Gasteiger partial charge in [0.1, 0.15) is 11.2 Å². The van der Waals surface area contributed by atoms with Gasteiger partial charge in [-0.05, 0) is 53.6 Å². The van der Waals surface area contributed by atoms with Crippen LogP contribution in [0.3, 0.4) is 0 Å². The SMILES string of the molecule is C1=C(c2ccc3oc4ccccc4c3c2)c2c(c3ccc4ccccc4c3n2-c2nc(-c3ccccc3)cc(-c3ccccc3)n2)CC1. The topological polar surface area (TPSA) is 43.9 Å². The summed E-state index contributed by atoms with van der Waals surface area (Å²) in [6.07, 6.45) is 4.29. The lowest BCUT2D eigenvalue weighted by atomic mass is 9.90. The predicted molar refractivity (Wildman–Crippen MR) is 196 cm³/mol. The lowest BCUT2D eigenvalue weighted by molar-refractivity contribution is 0.669. The largest absolute Gasteiger partial charge is 0.456 e. The Morgan fingerprint density at radius 2 is 1.19 bits per heavy atom. The minimum atomic E-state index is 0.667. The molecule has 1 aliphatic carbocycles. The third-order valence-electron chi connectivity index (χ3n) is 9.70. The highest BCUT2D eigenvalue weighted by Crippen LogP contribution is 2.43. The number of para-hydroxylation sites is 1. The summed E-state index contributed by atoms with van der Waals surface area (Å²) < 4.78 is 8.56. The van der Waals surface area contributed by atoms with Crippen LogP contribution in [-0.2, 0) is 6.42 Å². The van der Waals surface area contributed by atoms with E-state index in [0.29, 0.717) is 5.95 Å². The van der Waals surface area contributed by atoms with Gasteiger partial charge in [0, 0.05) is 38.2 Å². The van der Waals surface area contributed by atoms with Gasteiger partial charge in [0.25, 0.3) is 0 Å². The molecule has 1 aliphatic rings. The van der Waals surface area contributed by atoms with Crippen molar-refractivity contribution in [1.82, 2.24) is 14.5 Å². The number of benzene rings is 6. The fourth-order valence-electron chi connectivity index (χ4n) is 7.50. The van der Waals surface area contributed by atoms with Gasteiger partial charge in [-0.25, -0.2) is 9.97 Å². The Morgan fingerprint density at radius 3 is 1.96 bits per heavy atom. The van der Waals surface area contributed by atoms with Gasteiger partial charge in [-0.2, -0.15) is 0 Å². The smallest absolute Gasteiger partial charge is 0.235 e. The zero-order valence-corrected chi connectivity index (χ0v) is 26.1. The highest BCUT2D eigenvalue weighted by atomic mass is 16.3. The van der Waals surface area contributed by atoms with Gasteiger partial charge in [-0.15, -0.1) is 0 Å². The summed E-state index contributed by atoms with van der Waals surface area (Å²) in [7, 11) is 0. The Balaban J connectivity index is 1.30. The molecule has 4 nitrogen and oxygen atoms in total. The molecule has 10 rings (SSSR count). The van der Waals surface area contributed by atoms with E-state index in [0.717, 1.165) is 74.1 Å². The average Bonchev–Trinajstić information content (AvgIpc) is 3.71. The first-order chi connectivity index (χ1) is 23.8. The monoisotopic (exact) mass is 615 g/mol. The molecule has 4 heteroatoms. The molecule has 0 amide bonds. The number of hydrogen-bond donors (Lipinski definition) is 0. The van der Waals surface area contributed by atoms with Crippen molar-refractivity contribution >= 4 is 49.2 Å². The lowest BCUT2D eigenvalue weighted by Crippen LogP contribution is -2.10. The van der Waals surface area contributed by atoms with E-state index in [9.17, 15) is 0 Å². The molecule has 0 saturated heterocycles. The molecule has 0 bridgehead atoms. The van der Waals surface area contributed by atoms with E-state index in [1.165, 1.54) is 27.3 Å². The van der Waals surface area contributed by atoms with Crippen LogP contribution in [0, 0.1) is 0 Å². The van der Waals surface area contributed by atoms with Gasteiger partial charge in [0.2, 0.25) is 5.95 Å². The van der Waals surface area contributed by atoms with Crippen molar-refractivity contribution in [1.29, 1.82) is 0 Å². The van der Waals surface area contributed by atoms with Gasteiger partial charge in [0.05, 0.1) is 22.6 Å². The standard InChI is InChI=1S/C44H29N3O/c1-3-13-29(14-4-1)38-27-39(30-15-5-2-6-16-30)46-44(45-38)47-42-32-17-8-7-12-28(32)22-24-36(42)35-20-11-19-33(43(35)47)31-23-25-41-37(26-31)34-18-9-10-21-40(34)48-41/h1-10,12-19,21-27H,11,20H2. The summed E-state index contributed by atoms with van der Waals surface area (Å²) in [6, 6.07) is 51.0. The van der Waals surface area contributed by atoms with Crippen LogP contribution in [0.25, 0.3) is 77.7 Å². The van der Waals surface area contributed by atoms with Crippen molar-refractivity contribution in [2.45, 2.75) is 12.8 Å². The molecule has 0 aliphatic heterocycles. The number of furan rings is 1. The minimum Gasteiger partial charge on any atom is -0.456 e. The van der Waals surface area contributed by atoms with Crippen LogP contribution < -0.4 is 0 Å². The van der Waals surface area contributed by atoms with Crippen LogP contribution >= 0.6 is 0 Å². The van der Waals surface area contributed by atoms with Gasteiger partial charge >= 0.3 is 0 Å². The normalized spacial score (nSPS) is 13.0.